The second-order valence-electron chi connectivity index (χ2n) is 9.97. The highest BCUT2D eigenvalue weighted by atomic mass is 19.1. The zero-order chi connectivity index (χ0) is 25.4. The lowest BCUT2D eigenvalue weighted by Gasteiger charge is -2.30. The number of amides is 2. The van der Waals surface area contributed by atoms with Gasteiger partial charge in [-0.2, -0.15) is 0 Å². The molecule has 0 spiro atoms. The molecule has 6 nitrogen and oxygen atoms in total. The fourth-order valence-corrected chi connectivity index (χ4v) is 5.26. The number of halogens is 1. The van der Waals surface area contributed by atoms with E-state index in [0.717, 1.165) is 42.6 Å². The quantitative estimate of drug-likeness (QED) is 0.420. The zero-order valence-electron chi connectivity index (χ0n) is 20.6. The number of H-pyrrole nitrogens is 1. The molecule has 1 aliphatic carbocycles. The average molecular weight is 487 g/mol. The van der Waals surface area contributed by atoms with Gasteiger partial charge < -0.3 is 20.9 Å². The average Bonchev–Trinajstić information content (AvgIpc) is 3.30. The van der Waals surface area contributed by atoms with Crippen LogP contribution in [0.3, 0.4) is 0 Å². The molecule has 0 saturated heterocycles. The van der Waals surface area contributed by atoms with Crippen molar-refractivity contribution in [2.24, 2.45) is 11.7 Å². The van der Waals surface area contributed by atoms with Gasteiger partial charge in [0.1, 0.15) is 5.82 Å². The SMILES string of the molecule is Cc1cc(C)c(/C=C2\C(=O)N(CC3CCC(N)CC3)c3cc(C(=O)Nc4ccccc4)c(F)cc32)[nH]1. The molecule has 1 fully saturated rings. The topological polar surface area (TPSA) is 91.2 Å². The number of anilines is 2. The first-order valence-electron chi connectivity index (χ1n) is 12.5. The van der Waals surface area contributed by atoms with E-state index in [9.17, 15) is 9.59 Å². The van der Waals surface area contributed by atoms with E-state index in [4.69, 9.17) is 5.73 Å². The Morgan fingerprint density at radius 3 is 2.53 bits per heavy atom. The van der Waals surface area contributed by atoms with Gasteiger partial charge in [0, 0.05) is 35.2 Å². The highest BCUT2D eigenvalue weighted by Gasteiger charge is 2.36. The highest BCUT2D eigenvalue weighted by Crippen LogP contribution is 2.41. The van der Waals surface area contributed by atoms with Gasteiger partial charge in [-0.25, -0.2) is 4.39 Å². The highest BCUT2D eigenvalue weighted by molar-refractivity contribution is 6.36. The Morgan fingerprint density at radius 1 is 1.14 bits per heavy atom. The molecule has 1 saturated carbocycles. The molecule has 0 radical (unpaired) electrons. The van der Waals surface area contributed by atoms with Crippen molar-refractivity contribution in [1.82, 2.24) is 4.98 Å². The number of rotatable bonds is 5. The molecule has 7 heteroatoms. The third kappa shape index (κ3) is 4.71. The largest absolute Gasteiger partial charge is 0.359 e. The number of aryl methyl sites for hydroxylation is 2. The first-order chi connectivity index (χ1) is 17.3. The van der Waals surface area contributed by atoms with Gasteiger partial charge in [0.2, 0.25) is 0 Å². The number of aromatic nitrogens is 1. The summed E-state index contributed by atoms with van der Waals surface area (Å²) in [5.41, 5.74) is 10.9. The number of nitrogens with two attached hydrogens (primary N) is 1. The van der Waals surface area contributed by atoms with Gasteiger partial charge in [0.05, 0.1) is 16.8 Å². The molecule has 2 amide bonds. The number of hydrogen-bond acceptors (Lipinski definition) is 3. The smallest absolute Gasteiger partial charge is 0.259 e. The number of carbonyl (C=O) groups is 2. The number of aromatic amines is 1. The van der Waals surface area contributed by atoms with Gasteiger partial charge >= 0.3 is 0 Å². The molecule has 186 valence electrons. The Labute approximate surface area is 210 Å². The maximum absolute atomic E-state index is 15.3. The van der Waals surface area contributed by atoms with E-state index in [1.807, 2.05) is 26.0 Å². The van der Waals surface area contributed by atoms with Crippen molar-refractivity contribution in [3.63, 3.8) is 0 Å². The summed E-state index contributed by atoms with van der Waals surface area (Å²) in [5.74, 6) is -1.08. The second-order valence-corrected chi connectivity index (χ2v) is 9.97. The number of para-hydroxylation sites is 1. The van der Waals surface area contributed by atoms with Crippen LogP contribution in [0, 0.1) is 25.6 Å². The number of carbonyl (C=O) groups excluding carboxylic acids is 2. The lowest BCUT2D eigenvalue weighted by atomic mass is 9.86. The Bertz CT molecular complexity index is 1340. The molecular weight excluding hydrogens is 455 g/mol. The number of benzene rings is 2. The molecule has 2 heterocycles. The summed E-state index contributed by atoms with van der Waals surface area (Å²) in [6.07, 6.45) is 5.53. The van der Waals surface area contributed by atoms with Crippen LogP contribution in [0.5, 0.6) is 0 Å². The van der Waals surface area contributed by atoms with Gasteiger partial charge in [-0.15, -0.1) is 0 Å². The van der Waals surface area contributed by atoms with Crippen LogP contribution >= 0.6 is 0 Å². The van der Waals surface area contributed by atoms with E-state index < -0.39 is 11.7 Å². The Morgan fingerprint density at radius 2 is 1.86 bits per heavy atom. The molecule has 1 aliphatic heterocycles. The minimum Gasteiger partial charge on any atom is -0.359 e. The first-order valence-corrected chi connectivity index (χ1v) is 12.5. The minimum absolute atomic E-state index is 0.0887. The molecular formula is C29H31FN4O2. The maximum atomic E-state index is 15.3. The lowest BCUT2D eigenvalue weighted by Crippen LogP contribution is -2.36. The molecule has 4 N–H and O–H groups in total. The van der Waals surface area contributed by atoms with E-state index in [1.165, 1.54) is 12.1 Å². The standard InChI is InChI=1S/C29H31FN4O2/c1-17-12-18(2)32-26(17)14-23-22-13-25(30)24(28(35)33-21-6-4-3-5-7-21)15-27(22)34(29(23)36)16-19-8-10-20(31)11-9-19/h3-7,12-15,19-20,32H,8-11,16,31H2,1-2H3,(H,33,35)/b23-14-. The van der Waals surface area contributed by atoms with Crippen molar-refractivity contribution < 1.29 is 14.0 Å². The van der Waals surface area contributed by atoms with Crippen LogP contribution < -0.4 is 16.0 Å². The minimum atomic E-state index is -0.661. The van der Waals surface area contributed by atoms with Gasteiger partial charge in [-0.3, -0.25) is 9.59 Å². The zero-order valence-corrected chi connectivity index (χ0v) is 20.6. The fraction of sp³-hybridized carbons (Fsp3) is 0.310. The maximum Gasteiger partial charge on any atom is 0.259 e. The second kappa shape index (κ2) is 9.74. The lowest BCUT2D eigenvalue weighted by molar-refractivity contribution is -0.113. The summed E-state index contributed by atoms with van der Waals surface area (Å²) in [7, 11) is 0. The molecule has 2 aromatic carbocycles. The molecule has 3 aromatic rings. The third-order valence-corrected chi connectivity index (χ3v) is 7.23. The summed E-state index contributed by atoms with van der Waals surface area (Å²) in [6, 6.07) is 14.0. The van der Waals surface area contributed by atoms with Crippen LogP contribution in [0.4, 0.5) is 15.8 Å². The third-order valence-electron chi connectivity index (χ3n) is 7.23. The first kappa shape index (κ1) is 24.0. The molecule has 0 unspecified atom stereocenters. The van der Waals surface area contributed by atoms with Gasteiger partial charge in [-0.05, 0) is 87.4 Å². The van der Waals surface area contributed by atoms with E-state index >= 15 is 4.39 Å². The molecule has 0 atom stereocenters. The predicted molar refractivity (Wildman–Crippen MR) is 141 cm³/mol. The van der Waals surface area contributed by atoms with Crippen LogP contribution in [0.2, 0.25) is 0 Å². The van der Waals surface area contributed by atoms with Crippen LogP contribution in [0.15, 0.2) is 48.5 Å². The van der Waals surface area contributed by atoms with Crippen molar-refractivity contribution in [2.75, 3.05) is 16.8 Å². The van der Waals surface area contributed by atoms with Crippen LogP contribution in [-0.2, 0) is 4.79 Å². The Hall–Kier alpha value is -3.71. The predicted octanol–water partition coefficient (Wildman–Crippen LogP) is 5.43. The van der Waals surface area contributed by atoms with Crippen LogP contribution in [-0.4, -0.2) is 29.4 Å². The molecule has 0 bridgehead atoms. The number of nitrogens with zero attached hydrogens (tertiary/aromatic N) is 1. The van der Waals surface area contributed by atoms with Crippen molar-refractivity contribution in [3.8, 4) is 0 Å². The van der Waals surface area contributed by atoms with Gasteiger partial charge in [0.15, 0.2) is 0 Å². The summed E-state index contributed by atoms with van der Waals surface area (Å²) in [5, 5.41) is 2.75. The van der Waals surface area contributed by atoms with Crippen molar-refractivity contribution in [3.05, 3.63) is 82.4 Å². The van der Waals surface area contributed by atoms with E-state index in [1.54, 1.807) is 35.2 Å². The Kier molecular flexibility index (Phi) is 6.49. The van der Waals surface area contributed by atoms with E-state index in [2.05, 4.69) is 10.3 Å². The molecule has 1 aromatic heterocycles. The molecule has 2 aliphatic rings. The van der Waals surface area contributed by atoms with Crippen molar-refractivity contribution in [2.45, 2.75) is 45.6 Å². The summed E-state index contributed by atoms with van der Waals surface area (Å²) < 4.78 is 15.3. The Balaban J connectivity index is 1.54. The van der Waals surface area contributed by atoms with Crippen molar-refractivity contribution in [1.29, 1.82) is 0 Å². The number of nitrogens with one attached hydrogen (secondary N) is 2. The van der Waals surface area contributed by atoms with Crippen molar-refractivity contribution >= 4 is 34.8 Å². The van der Waals surface area contributed by atoms with E-state index in [-0.39, 0.29) is 17.5 Å². The van der Waals surface area contributed by atoms with E-state index in [0.29, 0.717) is 35.0 Å². The molecule has 5 rings (SSSR count). The fourth-order valence-electron chi connectivity index (χ4n) is 5.26. The van der Waals surface area contributed by atoms with Crippen LogP contribution in [0.1, 0.15) is 58.6 Å². The monoisotopic (exact) mass is 486 g/mol. The summed E-state index contributed by atoms with van der Waals surface area (Å²) in [6.45, 7) is 4.44. The van der Waals surface area contributed by atoms with Gasteiger partial charge in [-0.1, -0.05) is 18.2 Å². The number of hydrogen-bond donors (Lipinski definition) is 3. The summed E-state index contributed by atoms with van der Waals surface area (Å²) in [4.78, 5) is 31.7. The molecule has 36 heavy (non-hydrogen) atoms. The van der Waals surface area contributed by atoms with Gasteiger partial charge in [0.25, 0.3) is 11.8 Å². The van der Waals surface area contributed by atoms with Crippen LogP contribution in [0.25, 0.3) is 11.6 Å². The number of fused-ring (bicyclic) bond motifs is 1. The normalized spacial score (nSPS) is 20.6. The summed E-state index contributed by atoms with van der Waals surface area (Å²) >= 11 is 0.